The van der Waals surface area contributed by atoms with Gasteiger partial charge in [-0.25, -0.2) is 4.98 Å². The SMILES string of the molecule is Cn1cncc1C(=O)NCCSCCCO. The van der Waals surface area contributed by atoms with E-state index in [1.807, 2.05) is 0 Å². The summed E-state index contributed by atoms with van der Waals surface area (Å²) in [6, 6.07) is 0. The van der Waals surface area contributed by atoms with Crippen molar-refractivity contribution in [1.29, 1.82) is 0 Å². The van der Waals surface area contributed by atoms with Gasteiger partial charge in [-0.2, -0.15) is 11.8 Å². The first-order chi connectivity index (χ1) is 7.75. The molecule has 1 rings (SSSR count). The minimum absolute atomic E-state index is 0.0947. The van der Waals surface area contributed by atoms with Crippen LogP contribution in [-0.2, 0) is 7.05 Å². The van der Waals surface area contributed by atoms with E-state index in [2.05, 4.69) is 10.3 Å². The predicted molar refractivity (Wildman–Crippen MR) is 64.6 cm³/mol. The third kappa shape index (κ3) is 4.24. The summed E-state index contributed by atoms with van der Waals surface area (Å²) in [6.45, 7) is 0.870. The molecule has 0 saturated carbocycles. The molecule has 0 aliphatic heterocycles. The molecule has 0 bridgehead atoms. The van der Waals surface area contributed by atoms with Crippen LogP contribution in [0, 0.1) is 0 Å². The predicted octanol–water partition coefficient (Wildman–Crippen LogP) is 0.266. The van der Waals surface area contributed by atoms with Gasteiger partial charge in [-0.05, 0) is 12.2 Å². The molecule has 0 aliphatic rings. The largest absolute Gasteiger partial charge is 0.396 e. The minimum Gasteiger partial charge on any atom is -0.396 e. The summed E-state index contributed by atoms with van der Waals surface area (Å²) < 4.78 is 1.69. The fourth-order valence-corrected chi connectivity index (χ4v) is 1.96. The number of aryl methyl sites for hydroxylation is 1. The first-order valence-corrected chi connectivity index (χ1v) is 6.34. The molecule has 0 fully saturated rings. The molecule has 0 atom stereocenters. The summed E-state index contributed by atoms with van der Waals surface area (Å²) in [4.78, 5) is 15.5. The van der Waals surface area contributed by atoms with E-state index in [0.717, 1.165) is 17.9 Å². The van der Waals surface area contributed by atoms with Crippen LogP contribution in [0.5, 0.6) is 0 Å². The number of amides is 1. The second-order valence-corrected chi connectivity index (χ2v) is 4.56. The van der Waals surface area contributed by atoms with E-state index >= 15 is 0 Å². The van der Waals surface area contributed by atoms with E-state index in [4.69, 9.17) is 5.11 Å². The van der Waals surface area contributed by atoms with Gasteiger partial charge < -0.3 is 15.0 Å². The van der Waals surface area contributed by atoms with Gasteiger partial charge in [0.25, 0.3) is 5.91 Å². The molecule has 1 aromatic heterocycles. The number of aliphatic hydroxyl groups is 1. The van der Waals surface area contributed by atoms with Gasteiger partial charge in [0.2, 0.25) is 0 Å². The minimum atomic E-state index is -0.0947. The first-order valence-electron chi connectivity index (χ1n) is 5.19. The molecule has 1 aromatic rings. The molecule has 5 nitrogen and oxygen atoms in total. The van der Waals surface area contributed by atoms with Gasteiger partial charge >= 0.3 is 0 Å². The average molecular weight is 243 g/mol. The number of aromatic nitrogens is 2. The number of nitrogens with zero attached hydrogens (tertiary/aromatic N) is 2. The third-order valence-corrected chi connectivity index (χ3v) is 3.10. The van der Waals surface area contributed by atoms with Gasteiger partial charge in [-0.15, -0.1) is 0 Å². The van der Waals surface area contributed by atoms with Crippen LogP contribution in [0.25, 0.3) is 0 Å². The lowest BCUT2D eigenvalue weighted by molar-refractivity contribution is 0.0948. The monoisotopic (exact) mass is 243 g/mol. The number of carbonyl (C=O) groups is 1. The standard InChI is InChI=1S/C10H17N3O2S/c1-13-8-11-7-9(13)10(15)12-3-6-16-5-2-4-14/h7-8,14H,2-6H2,1H3,(H,12,15). The first kappa shape index (κ1) is 13.1. The summed E-state index contributed by atoms with van der Waals surface area (Å²) in [5.74, 6) is 1.70. The molecule has 0 radical (unpaired) electrons. The smallest absolute Gasteiger partial charge is 0.269 e. The molecule has 0 aliphatic carbocycles. The highest BCUT2D eigenvalue weighted by Crippen LogP contribution is 2.01. The second kappa shape index (κ2) is 7.29. The second-order valence-electron chi connectivity index (χ2n) is 3.34. The van der Waals surface area contributed by atoms with Crippen LogP contribution in [0.4, 0.5) is 0 Å². The Labute approximate surface area is 99.3 Å². The van der Waals surface area contributed by atoms with Crippen LogP contribution in [0.1, 0.15) is 16.9 Å². The topological polar surface area (TPSA) is 67.2 Å². The molecular formula is C10H17N3O2S. The van der Waals surface area contributed by atoms with Crippen molar-refractivity contribution in [3.8, 4) is 0 Å². The van der Waals surface area contributed by atoms with Crippen molar-refractivity contribution in [2.45, 2.75) is 6.42 Å². The van der Waals surface area contributed by atoms with Gasteiger partial charge in [0.1, 0.15) is 5.69 Å². The number of carbonyl (C=O) groups excluding carboxylic acids is 1. The van der Waals surface area contributed by atoms with Crippen LogP contribution in [-0.4, -0.2) is 45.2 Å². The Morgan fingerprint density at radius 3 is 3.06 bits per heavy atom. The molecule has 90 valence electrons. The maximum absolute atomic E-state index is 11.6. The molecule has 0 saturated heterocycles. The Morgan fingerprint density at radius 2 is 2.44 bits per heavy atom. The fraction of sp³-hybridized carbons (Fsp3) is 0.600. The van der Waals surface area contributed by atoms with Crippen LogP contribution in [0.15, 0.2) is 12.5 Å². The highest BCUT2D eigenvalue weighted by Gasteiger charge is 2.07. The van der Waals surface area contributed by atoms with Crippen LogP contribution < -0.4 is 5.32 Å². The van der Waals surface area contributed by atoms with Gasteiger partial charge in [-0.1, -0.05) is 0 Å². The maximum atomic E-state index is 11.6. The van der Waals surface area contributed by atoms with Gasteiger partial charge in [0.15, 0.2) is 0 Å². The molecule has 1 amide bonds. The number of aliphatic hydroxyl groups excluding tert-OH is 1. The Bertz CT molecular complexity index is 328. The van der Waals surface area contributed by atoms with Crippen LogP contribution in [0.2, 0.25) is 0 Å². The maximum Gasteiger partial charge on any atom is 0.269 e. The Morgan fingerprint density at radius 1 is 1.62 bits per heavy atom. The van der Waals surface area contributed by atoms with E-state index < -0.39 is 0 Å². The summed E-state index contributed by atoms with van der Waals surface area (Å²) in [6.07, 6.45) is 3.96. The molecular weight excluding hydrogens is 226 g/mol. The number of nitrogens with one attached hydrogen (secondary N) is 1. The van der Waals surface area contributed by atoms with E-state index in [1.165, 1.54) is 0 Å². The van der Waals surface area contributed by atoms with Crippen molar-refractivity contribution in [3.05, 3.63) is 18.2 Å². The van der Waals surface area contributed by atoms with E-state index in [-0.39, 0.29) is 12.5 Å². The van der Waals surface area contributed by atoms with E-state index in [1.54, 1.807) is 35.9 Å². The molecule has 0 unspecified atom stereocenters. The van der Waals surface area contributed by atoms with Crippen LogP contribution in [0.3, 0.4) is 0 Å². The van der Waals surface area contributed by atoms with Gasteiger partial charge in [0.05, 0.1) is 12.5 Å². The lowest BCUT2D eigenvalue weighted by Crippen LogP contribution is -2.27. The summed E-state index contributed by atoms with van der Waals surface area (Å²) >= 11 is 1.72. The zero-order chi connectivity index (χ0) is 11.8. The summed E-state index contributed by atoms with van der Waals surface area (Å²) in [5, 5.41) is 11.4. The molecule has 2 N–H and O–H groups in total. The molecule has 0 aromatic carbocycles. The van der Waals surface area contributed by atoms with Crippen molar-refractivity contribution >= 4 is 17.7 Å². The number of imidazole rings is 1. The Kier molecular flexibility index (Phi) is 5.95. The fourth-order valence-electron chi connectivity index (χ4n) is 1.17. The van der Waals surface area contributed by atoms with E-state index in [9.17, 15) is 4.79 Å². The molecule has 1 heterocycles. The van der Waals surface area contributed by atoms with E-state index in [0.29, 0.717) is 12.2 Å². The lowest BCUT2D eigenvalue weighted by Gasteiger charge is -2.04. The van der Waals surface area contributed by atoms with Crippen LogP contribution >= 0.6 is 11.8 Å². The highest BCUT2D eigenvalue weighted by molar-refractivity contribution is 7.99. The lowest BCUT2D eigenvalue weighted by atomic mass is 10.4. The summed E-state index contributed by atoms with van der Waals surface area (Å²) in [7, 11) is 1.79. The summed E-state index contributed by atoms with van der Waals surface area (Å²) in [5.41, 5.74) is 0.570. The van der Waals surface area contributed by atoms with Gasteiger partial charge in [-0.3, -0.25) is 4.79 Å². The number of hydrogen-bond donors (Lipinski definition) is 2. The third-order valence-electron chi connectivity index (χ3n) is 2.03. The zero-order valence-corrected chi connectivity index (χ0v) is 10.2. The molecule has 16 heavy (non-hydrogen) atoms. The number of thioether (sulfide) groups is 1. The van der Waals surface area contributed by atoms with Crippen molar-refractivity contribution in [1.82, 2.24) is 14.9 Å². The molecule has 6 heteroatoms. The van der Waals surface area contributed by atoms with Crippen molar-refractivity contribution in [3.63, 3.8) is 0 Å². The molecule has 0 spiro atoms. The number of rotatable bonds is 7. The quantitative estimate of drug-likeness (QED) is 0.674. The van der Waals surface area contributed by atoms with Crippen molar-refractivity contribution in [2.75, 3.05) is 24.7 Å². The average Bonchev–Trinajstić information content (AvgIpc) is 2.69. The normalized spacial score (nSPS) is 10.4. The highest BCUT2D eigenvalue weighted by atomic mass is 32.2. The Balaban J connectivity index is 2.14. The van der Waals surface area contributed by atoms with Crippen molar-refractivity contribution in [2.24, 2.45) is 7.05 Å². The Hall–Kier alpha value is -1.01. The zero-order valence-electron chi connectivity index (χ0n) is 9.35. The van der Waals surface area contributed by atoms with Crippen molar-refractivity contribution < 1.29 is 9.90 Å². The number of hydrogen-bond acceptors (Lipinski definition) is 4. The van der Waals surface area contributed by atoms with Gasteiger partial charge in [0, 0.05) is 26.0 Å².